The van der Waals surface area contributed by atoms with E-state index < -0.39 is 17.9 Å². The van der Waals surface area contributed by atoms with Crippen molar-refractivity contribution in [2.24, 2.45) is 0 Å². The number of carbonyl (C=O) groups is 3. The third-order valence-corrected chi connectivity index (χ3v) is 6.64. The molecule has 6 nitrogen and oxygen atoms in total. The van der Waals surface area contributed by atoms with Gasteiger partial charge in [0, 0.05) is 37.2 Å². The second-order valence-corrected chi connectivity index (χ2v) is 9.56. The maximum absolute atomic E-state index is 10.5. The van der Waals surface area contributed by atoms with Crippen molar-refractivity contribution in [3.63, 3.8) is 0 Å². The van der Waals surface area contributed by atoms with Gasteiger partial charge >= 0.3 is 41.7 Å². The van der Waals surface area contributed by atoms with Crippen LogP contribution in [-0.4, -0.2) is 17.9 Å². The molecule has 211 valence electrons. The van der Waals surface area contributed by atoms with Crippen LogP contribution < -0.4 is 15.3 Å². The van der Waals surface area contributed by atoms with Crippen molar-refractivity contribution in [2.75, 3.05) is 0 Å². The van der Waals surface area contributed by atoms with Crippen LogP contribution in [0.3, 0.4) is 0 Å². The molecule has 6 aromatic rings. The van der Waals surface area contributed by atoms with Crippen LogP contribution in [-0.2, 0) is 33.6 Å². The number of fused-ring (bicyclic) bond motifs is 3. The predicted molar refractivity (Wildman–Crippen MR) is 158 cm³/mol. The minimum atomic E-state index is -1.04. The number of hydrogen-bond donors (Lipinski definition) is 0. The summed E-state index contributed by atoms with van der Waals surface area (Å²) in [5.41, 5.74) is 2.43. The Labute approximate surface area is 283 Å². The molecule has 0 atom stereocenters. The predicted octanol–water partition coefficient (Wildman–Crippen LogP) is 3.40. The molecule has 0 fully saturated rings. The van der Waals surface area contributed by atoms with Crippen LogP contribution in [0.1, 0.15) is 16.7 Å². The zero-order chi connectivity index (χ0) is 29.9. The first-order valence-corrected chi connectivity index (χ1v) is 13.3. The van der Waals surface area contributed by atoms with Crippen molar-refractivity contribution in [1.82, 2.24) is 0 Å². The molecular formula is C36H27CeO6. The molecule has 0 saturated carbocycles. The molecule has 0 unspecified atom stereocenters. The number of hydrogen-bond acceptors (Lipinski definition) is 6. The Hall–Kier alpha value is -4.11. The largest absolute Gasteiger partial charge is 3.00 e. The quantitative estimate of drug-likeness (QED) is 0.264. The van der Waals surface area contributed by atoms with E-state index in [1.54, 1.807) is 0 Å². The molecule has 0 aromatic heterocycles. The van der Waals surface area contributed by atoms with E-state index in [9.17, 15) is 29.7 Å². The van der Waals surface area contributed by atoms with E-state index in [1.165, 1.54) is 0 Å². The fraction of sp³-hybridized carbons (Fsp3) is 0.0833. The number of carboxylic acid groups (broad SMARTS) is 3. The van der Waals surface area contributed by atoms with Gasteiger partial charge in [0.15, 0.2) is 0 Å². The molecule has 6 rings (SSSR count). The molecule has 0 spiro atoms. The molecule has 0 aliphatic heterocycles. The van der Waals surface area contributed by atoms with Crippen molar-refractivity contribution >= 4 is 50.2 Å². The third-order valence-electron chi connectivity index (χ3n) is 6.64. The molecule has 0 N–H and O–H groups in total. The molecular weight excluding hydrogens is 669 g/mol. The second-order valence-electron chi connectivity index (χ2n) is 9.56. The van der Waals surface area contributed by atoms with Crippen molar-refractivity contribution in [3.8, 4) is 0 Å². The third kappa shape index (κ3) is 9.71. The smallest absolute Gasteiger partial charge is 0.550 e. The Morgan fingerprint density at radius 1 is 0.372 bits per heavy atom. The standard InChI is InChI=1S/3C12H10O2.Ce/c3*13-12(14)8-10-6-3-5-9-4-1-2-7-11(9)10;/h3*1-7H,8H2,(H,13,14);/q;;;+3/p-3. The maximum Gasteiger partial charge on any atom is 3.00 e. The first kappa shape index (κ1) is 33.4. The van der Waals surface area contributed by atoms with Crippen LogP contribution in [0.2, 0.25) is 0 Å². The average molecular weight is 696 g/mol. The van der Waals surface area contributed by atoms with E-state index in [4.69, 9.17) is 0 Å². The Kier molecular flexibility index (Phi) is 12.8. The summed E-state index contributed by atoms with van der Waals surface area (Å²) in [6.45, 7) is 0. The van der Waals surface area contributed by atoms with Crippen LogP contribution in [0.5, 0.6) is 0 Å². The van der Waals surface area contributed by atoms with Crippen LogP contribution in [0, 0.1) is 41.7 Å². The van der Waals surface area contributed by atoms with Gasteiger partial charge in [-0.05, 0) is 49.0 Å². The molecule has 0 heterocycles. The van der Waals surface area contributed by atoms with Crippen LogP contribution in [0.25, 0.3) is 32.3 Å². The van der Waals surface area contributed by atoms with Gasteiger partial charge in [-0.1, -0.05) is 127 Å². The fourth-order valence-electron chi connectivity index (χ4n) is 4.81. The Morgan fingerprint density at radius 3 is 0.860 bits per heavy atom. The summed E-state index contributed by atoms with van der Waals surface area (Å²) in [5, 5.41) is 37.6. The van der Waals surface area contributed by atoms with E-state index in [-0.39, 0.29) is 61.0 Å². The van der Waals surface area contributed by atoms with E-state index in [0.717, 1.165) is 49.0 Å². The molecule has 0 aliphatic rings. The average Bonchev–Trinajstić information content (AvgIpc) is 2.98. The summed E-state index contributed by atoms with van der Waals surface area (Å²) in [4.78, 5) is 31.5. The van der Waals surface area contributed by atoms with Crippen LogP contribution >= 0.6 is 0 Å². The van der Waals surface area contributed by atoms with Crippen molar-refractivity contribution in [3.05, 3.63) is 144 Å². The molecule has 0 saturated heterocycles. The zero-order valence-electron chi connectivity index (χ0n) is 23.2. The molecule has 7 heteroatoms. The van der Waals surface area contributed by atoms with E-state index in [2.05, 4.69) is 0 Å². The van der Waals surface area contributed by atoms with E-state index >= 15 is 0 Å². The Morgan fingerprint density at radius 2 is 0.605 bits per heavy atom. The summed E-state index contributed by atoms with van der Waals surface area (Å²) < 4.78 is 0. The van der Waals surface area contributed by atoms with Gasteiger partial charge < -0.3 is 29.7 Å². The van der Waals surface area contributed by atoms with Crippen molar-refractivity contribution < 1.29 is 71.5 Å². The number of aliphatic carboxylic acids is 3. The summed E-state index contributed by atoms with van der Waals surface area (Å²) in [6.07, 6.45) is -0.0793. The number of carbonyl (C=O) groups excluding carboxylic acids is 3. The van der Waals surface area contributed by atoms with Gasteiger partial charge in [-0.3, -0.25) is 0 Å². The van der Waals surface area contributed by atoms with Gasteiger partial charge in [-0.2, -0.15) is 0 Å². The first-order chi connectivity index (χ1) is 20.3. The van der Waals surface area contributed by atoms with Crippen LogP contribution in [0.15, 0.2) is 127 Å². The van der Waals surface area contributed by atoms with Gasteiger partial charge in [0.05, 0.1) is 0 Å². The molecule has 0 bridgehead atoms. The monoisotopic (exact) mass is 695 g/mol. The Bertz CT molecular complexity index is 1630. The summed E-state index contributed by atoms with van der Waals surface area (Å²) in [7, 11) is 0. The van der Waals surface area contributed by atoms with E-state index in [1.807, 2.05) is 127 Å². The van der Waals surface area contributed by atoms with Gasteiger partial charge in [-0.15, -0.1) is 0 Å². The minimum absolute atomic E-state index is 0. The second kappa shape index (κ2) is 16.5. The summed E-state index contributed by atoms with van der Waals surface area (Å²) in [5.74, 6) is -3.12. The molecule has 43 heavy (non-hydrogen) atoms. The normalized spacial score (nSPS) is 10.0. The topological polar surface area (TPSA) is 120 Å². The van der Waals surface area contributed by atoms with Crippen molar-refractivity contribution in [1.29, 1.82) is 0 Å². The minimum Gasteiger partial charge on any atom is -0.550 e. The molecule has 0 aliphatic carbocycles. The Balaban J connectivity index is 0.000000175. The summed E-state index contributed by atoms with van der Waals surface area (Å²) >= 11 is 0. The zero-order valence-corrected chi connectivity index (χ0v) is 26.3. The number of benzene rings is 6. The summed E-state index contributed by atoms with van der Waals surface area (Å²) in [6, 6.07) is 40.1. The fourth-order valence-corrected chi connectivity index (χ4v) is 4.81. The van der Waals surface area contributed by atoms with Crippen molar-refractivity contribution in [2.45, 2.75) is 19.3 Å². The van der Waals surface area contributed by atoms with Crippen LogP contribution in [0.4, 0.5) is 0 Å². The molecule has 0 amide bonds. The number of carboxylic acids is 3. The van der Waals surface area contributed by atoms with Gasteiger partial charge in [0.1, 0.15) is 0 Å². The van der Waals surface area contributed by atoms with Gasteiger partial charge in [0.2, 0.25) is 0 Å². The van der Waals surface area contributed by atoms with E-state index in [0.29, 0.717) is 0 Å². The first-order valence-electron chi connectivity index (χ1n) is 13.3. The molecule has 6 aromatic carbocycles. The van der Waals surface area contributed by atoms with Gasteiger partial charge in [-0.25, -0.2) is 0 Å². The van der Waals surface area contributed by atoms with Gasteiger partial charge in [0.25, 0.3) is 0 Å². The molecule has 1 radical (unpaired) electrons. The maximum atomic E-state index is 10.5. The number of rotatable bonds is 6. The SMILES string of the molecule is O=C([O-])Cc1cccc2ccccc12.O=C([O-])Cc1cccc2ccccc12.O=C([O-])Cc1cccc2ccccc12.[Ce+3].